The van der Waals surface area contributed by atoms with Crippen molar-refractivity contribution in [1.82, 2.24) is 25.6 Å². The molecule has 280 valence electrons. The van der Waals surface area contributed by atoms with Gasteiger partial charge in [-0.3, -0.25) is 19.1 Å². The maximum atomic E-state index is 14.2. The number of nitrogens with one attached hydrogen (secondary N) is 4. The van der Waals surface area contributed by atoms with Crippen molar-refractivity contribution in [3.8, 4) is 0 Å². The molecule has 14 nitrogen and oxygen atoms in total. The summed E-state index contributed by atoms with van der Waals surface area (Å²) in [6, 6.07) is 2.72. The average molecular weight is 734 g/mol. The zero-order valence-electron chi connectivity index (χ0n) is 29.4. The molecule has 2 heterocycles. The van der Waals surface area contributed by atoms with Crippen LogP contribution in [-0.4, -0.2) is 84.3 Å². The minimum atomic E-state index is -3.92. The molecule has 0 spiro atoms. The second-order valence-electron chi connectivity index (χ2n) is 14.9. The molecule has 1 saturated heterocycles. The lowest BCUT2D eigenvalue weighted by molar-refractivity contribution is -0.141. The Balaban J connectivity index is 1.39. The Labute approximate surface area is 297 Å². The number of amides is 5. The fourth-order valence-electron chi connectivity index (χ4n) is 6.49. The van der Waals surface area contributed by atoms with Gasteiger partial charge in [0.15, 0.2) is 0 Å². The van der Waals surface area contributed by atoms with Crippen molar-refractivity contribution in [3.05, 3.63) is 47.8 Å². The van der Waals surface area contributed by atoms with Crippen LogP contribution in [0, 0.1) is 11.7 Å². The summed E-state index contributed by atoms with van der Waals surface area (Å²) in [5, 5.41) is 7.45. The normalized spacial score (nSPS) is 27.7. The van der Waals surface area contributed by atoms with Crippen molar-refractivity contribution in [3.63, 3.8) is 0 Å². The number of carbonyl (C=O) groups is 5. The van der Waals surface area contributed by atoms with Gasteiger partial charge >= 0.3 is 12.2 Å². The number of rotatable bonds is 7. The molecule has 2 aliphatic carbocycles. The standard InChI is InChI=1S/C35H48FN5O9S/c1-21(22-12-14-24(36)15-13-22)37-32(45)49-25-18-28-29(42)39-35(31(44)40-51(47,48)26-16-17-26)19-23(35)10-8-6-5-7-9-11-27(30(43)41(28)20-25)38-33(46)50-34(2,3)4/h8,10,12-15,21,23,25-28H,5-7,9,11,16-20H2,1-4H3,(H,37,45)(H,38,46)(H,39,42)(H,40,44)/t21-,23-,25-,27+,28?,35-/m1/s1. The highest BCUT2D eigenvalue weighted by Gasteiger charge is 2.62. The molecule has 2 aliphatic heterocycles. The summed E-state index contributed by atoms with van der Waals surface area (Å²) in [4.78, 5) is 69.0. The van der Waals surface area contributed by atoms with Crippen molar-refractivity contribution >= 4 is 39.9 Å². The summed E-state index contributed by atoms with van der Waals surface area (Å²) in [5.41, 5.74) is -1.77. The molecule has 1 aromatic rings. The molecular weight excluding hydrogens is 685 g/mol. The number of halogens is 1. The van der Waals surface area contributed by atoms with Crippen molar-refractivity contribution in [2.24, 2.45) is 5.92 Å². The van der Waals surface area contributed by atoms with Crippen molar-refractivity contribution in [2.45, 2.75) is 126 Å². The van der Waals surface area contributed by atoms with Crippen molar-refractivity contribution in [2.75, 3.05) is 6.54 Å². The van der Waals surface area contributed by atoms with Crippen LogP contribution in [0.2, 0.25) is 0 Å². The number of sulfonamides is 1. The van der Waals surface area contributed by atoms with Gasteiger partial charge in [-0.25, -0.2) is 22.4 Å². The predicted octanol–water partition coefficient (Wildman–Crippen LogP) is 3.48. The monoisotopic (exact) mass is 733 g/mol. The first-order chi connectivity index (χ1) is 24.0. The lowest BCUT2D eigenvalue weighted by Crippen LogP contribution is -2.58. The number of hydrogen-bond acceptors (Lipinski definition) is 9. The number of hydrogen-bond donors (Lipinski definition) is 4. The molecule has 4 N–H and O–H groups in total. The minimum Gasteiger partial charge on any atom is -0.444 e. The van der Waals surface area contributed by atoms with Crippen molar-refractivity contribution in [1.29, 1.82) is 0 Å². The summed E-state index contributed by atoms with van der Waals surface area (Å²) in [5.74, 6) is -3.07. The van der Waals surface area contributed by atoms with E-state index in [2.05, 4.69) is 20.7 Å². The summed E-state index contributed by atoms with van der Waals surface area (Å²) < 4.78 is 52.1. The first kappa shape index (κ1) is 38.0. The quantitative estimate of drug-likeness (QED) is 0.304. The molecule has 1 aromatic carbocycles. The zero-order chi connectivity index (χ0) is 37.1. The molecule has 0 aromatic heterocycles. The van der Waals surface area contributed by atoms with Gasteiger partial charge in [-0.15, -0.1) is 0 Å². The molecule has 0 radical (unpaired) electrons. The first-order valence-corrected chi connectivity index (χ1v) is 19.1. The topological polar surface area (TPSA) is 189 Å². The molecule has 51 heavy (non-hydrogen) atoms. The Morgan fingerprint density at radius 1 is 1.04 bits per heavy atom. The van der Waals surface area contributed by atoms with E-state index in [0.29, 0.717) is 31.2 Å². The molecule has 2 saturated carbocycles. The fraction of sp³-hybridized carbons (Fsp3) is 0.629. The minimum absolute atomic E-state index is 0.131. The predicted molar refractivity (Wildman–Crippen MR) is 183 cm³/mol. The number of benzene rings is 1. The molecule has 4 aliphatic rings. The van der Waals surface area contributed by atoms with Crippen LogP contribution in [-0.2, 0) is 33.9 Å². The molecule has 6 atom stereocenters. The summed E-state index contributed by atoms with van der Waals surface area (Å²) in [6.45, 7) is 6.56. The molecule has 5 amide bonds. The SMILES string of the molecule is C[C@@H](NC(=O)O[C@@H]1CC2C(=O)N[C@]3(C(=O)NS(=O)(=O)C4CC4)C[C@H]3C=CCCCCC[C@H](NC(=O)OC(C)(C)C)C(=O)N2C1)c1ccc(F)cc1. The van der Waals surface area contributed by atoms with Gasteiger partial charge in [-0.05, 0) is 83.9 Å². The van der Waals surface area contributed by atoms with E-state index in [1.807, 2.05) is 12.2 Å². The zero-order valence-corrected chi connectivity index (χ0v) is 30.2. The highest BCUT2D eigenvalue weighted by molar-refractivity contribution is 7.91. The van der Waals surface area contributed by atoms with Gasteiger partial charge in [0.05, 0.1) is 17.8 Å². The number of fused-ring (bicyclic) bond motifs is 2. The molecular formula is C35H48FN5O9S. The van der Waals surface area contributed by atoms with Crippen molar-refractivity contribution < 1.29 is 46.3 Å². The van der Waals surface area contributed by atoms with Crippen LogP contribution in [0.4, 0.5) is 14.0 Å². The van der Waals surface area contributed by atoms with Gasteiger partial charge in [0.25, 0.3) is 5.91 Å². The van der Waals surface area contributed by atoms with Gasteiger partial charge < -0.3 is 30.3 Å². The van der Waals surface area contributed by atoms with E-state index in [-0.39, 0.29) is 25.8 Å². The van der Waals surface area contributed by atoms with Crippen LogP contribution in [0.1, 0.15) is 97.1 Å². The molecule has 16 heteroatoms. The fourth-order valence-corrected chi connectivity index (χ4v) is 7.86. The third-order valence-electron chi connectivity index (χ3n) is 9.51. The Hall–Kier alpha value is -4.21. The molecule has 0 bridgehead atoms. The van der Waals surface area contributed by atoms with Gasteiger partial charge in [0, 0.05) is 12.3 Å². The number of allylic oxidation sites excluding steroid dienone is 1. The molecule has 1 unspecified atom stereocenters. The van der Waals surface area contributed by atoms with Crippen LogP contribution >= 0.6 is 0 Å². The van der Waals surface area contributed by atoms with Gasteiger partial charge in [-0.1, -0.05) is 37.1 Å². The Bertz CT molecular complexity index is 1640. The van der Waals surface area contributed by atoms with E-state index in [0.717, 1.165) is 12.8 Å². The second kappa shape index (κ2) is 15.2. The van der Waals surface area contributed by atoms with Crippen LogP contribution in [0.5, 0.6) is 0 Å². The second-order valence-corrected chi connectivity index (χ2v) is 16.9. The van der Waals surface area contributed by atoms with E-state index in [9.17, 15) is 36.8 Å². The lowest BCUT2D eigenvalue weighted by Gasteiger charge is -2.30. The van der Waals surface area contributed by atoms with Crippen LogP contribution in [0.3, 0.4) is 0 Å². The summed E-state index contributed by atoms with van der Waals surface area (Å²) in [7, 11) is -3.92. The van der Waals surface area contributed by atoms with E-state index in [1.165, 1.54) is 29.2 Å². The van der Waals surface area contributed by atoms with E-state index >= 15 is 0 Å². The third-order valence-corrected chi connectivity index (χ3v) is 11.3. The third kappa shape index (κ3) is 9.77. The summed E-state index contributed by atoms with van der Waals surface area (Å²) in [6.07, 6.45) is 5.00. The number of ether oxygens (including phenoxy) is 2. The van der Waals surface area contributed by atoms with Gasteiger partial charge in [0.1, 0.15) is 35.1 Å². The number of alkyl carbamates (subject to hydrolysis) is 2. The number of carbonyl (C=O) groups excluding carboxylic acids is 5. The van der Waals surface area contributed by atoms with E-state index in [1.54, 1.807) is 27.7 Å². The van der Waals surface area contributed by atoms with Gasteiger partial charge in [0.2, 0.25) is 21.8 Å². The van der Waals surface area contributed by atoms with Crippen LogP contribution in [0.25, 0.3) is 0 Å². The Morgan fingerprint density at radius 3 is 2.41 bits per heavy atom. The van der Waals surface area contributed by atoms with Crippen LogP contribution in [0.15, 0.2) is 36.4 Å². The average Bonchev–Trinajstić information content (AvgIpc) is 3.96. The highest BCUT2D eigenvalue weighted by Crippen LogP contribution is 2.46. The summed E-state index contributed by atoms with van der Waals surface area (Å²) >= 11 is 0. The number of nitrogens with zero attached hydrogens (tertiary/aromatic N) is 1. The maximum absolute atomic E-state index is 14.2. The van der Waals surface area contributed by atoms with E-state index in [4.69, 9.17) is 9.47 Å². The highest BCUT2D eigenvalue weighted by atomic mass is 32.2. The molecule has 5 rings (SSSR count). The Morgan fingerprint density at radius 2 is 1.75 bits per heavy atom. The lowest BCUT2D eigenvalue weighted by atomic mass is 10.0. The van der Waals surface area contributed by atoms with Crippen LogP contribution < -0.4 is 20.7 Å². The van der Waals surface area contributed by atoms with Gasteiger partial charge in [-0.2, -0.15) is 0 Å². The Kier molecular flexibility index (Phi) is 11.3. The largest absolute Gasteiger partial charge is 0.444 e. The smallest absolute Gasteiger partial charge is 0.408 e. The molecule has 3 fully saturated rings. The maximum Gasteiger partial charge on any atom is 0.408 e. The first-order valence-electron chi connectivity index (χ1n) is 17.5. The van der Waals surface area contributed by atoms with E-state index < -0.39 is 92.3 Å².